The number of carbonyl (C=O) groups excluding carboxylic acids is 1. The Morgan fingerprint density at radius 1 is 1.21 bits per heavy atom. The molecule has 4 heteroatoms. The van der Waals surface area contributed by atoms with Crippen molar-refractivity contribution in [1.29, 1.82) is 0 Å². The minimum atomic E-state index is -0.0576. The number of hydrogen-bond donors (Lipinski definition) is 0. The van der Waals surface area contributed by atoms with Gasteiger partial charge in [-0.05, 0) is 36.8 Å². The van der Waals surface area contributed by atoms with Crippen molar-refractivity contribution in [2.75, 3.05) is 7.11 Å². The lowest BCUT2D eigenvalue weighted by atomic mass is 10.2. The molecule has 0 fully saturated rings. The molecule has 0 atom stereocenters. The van der Waals surface area contributed by atoms with Gasteiger partial charge in [-0.25, -0.2) is 4.98 Å². The van der Waals surface area contributed by atoms with Crippen LogP contribution in [0.25, 0.3) is 0 Å². The van der Waals surface area contributed by atoms with Gasteiger partial charge >= 0.3 is 0 Å². The van der Waals surface area contributed by atoms with Gasteiger partial charge < -0.3 is 9.47 Å². The molecule has 4 nitrogen and oxygen atoms in total. The molecule has 2 rings (SSSR count). The molecule has 1 aromatic carbocycles. The van der Waals surface area contributed by atoms with Crippen molar-refractivity contribution in [3.63, 3.8) is 0 Å². The van der Waals surface area contributed by atoms with Crippen LogP contribution in [-0.2, 0) is 6.61 Å². The van der Waals surface area contributed by atoms with Crippen LogP contribution >= 0.6 is 0 Å². The van der Waals surface area contributed by atoms with Crippen molar-refractivity contribution in [3.8, 4) is 11.6 Å². The van der Waals surface area contributed by atoms with Crippen molar-refractivity contribution in [3.05, 3.63) is 53.7 Å². The van der Waals surface area contributed by atoms with E-state index in [0.29, 0.717) is 18.1 Å². The molecular weight excluding hydrogens is 242 g/mol. The molecule has 19 heavy (non-hydrogen) atoms. The van der Waals surface area contributed by atoms with Gasteiger partial charge in [-0.2, -0.15) is 0 Å². The van der Waals surface area contributed by atoms with Crippen LogP contribution in [0.15, 0.2) is 42.6 Å². The number of rotatable bonds is 5. The van der Waals surface area contributed by atoms with Gasteiger partial charge in [-0.15, -0.1) is 0 Å². The summed E-state index contributed by atoms with van der Waals surface area (Å²) in [6.07, 6.45) is 1.61. The zero-order chi connectivity index (χ0) is 13.7. The number of methoxy groups -OCH3 is 1. The van der Waals surface area contributed by atoms with E-state index in [4.69, 9.17) is 9.47 Å². The standard InChI is InChI=1S/C15H15NO3/c1-11(17)14-4-3-9-16-15(14)19-10-12-5-7-13(18-2)8-6-12/h3-9H,10H2,1-2H3. The van der Waals surface area contributed by atoms with Crippen LogP contribution in [-0.4, -0.2) is 17.9 Å². The van der Waals surface area contributed by atoms with Crippen LogP contribution in [0.4, 0.5) is 0 Å². The maximum Gasteiger partial charge on any atom is 0.224 e. The Morgan fingerprint density at radius 2 is 1.95 bits per heavy atom. The molecule has 0 saturated heterocycles. The van der Waals surface area contributed by atoms with Crippen LogP contribution in [0.5, 0.6) is 11.6 Å². The minimum absolute atomic E-state index is 0.0576. The molecule has 1 aromatic heterocycles. The van der Waals surface area contributed by atoms with E-state index in [1.807, 2.05) is 24.3 Å². The largest absolute Gasteiger partial charge is 0.497 e. The average Bonchev–Trinajstić information content (AvgIpc) is 2.46. The van der Waals surface area contributed by atoms with Gasteiger partial charge in [-0.1, -0.05) is 12.1 Å². The minimum Gasteiger partial charge on any atom is -0.497 e. The maximum atomic E-state index is 11.4. The number of benzene rings is 1. The van der Waals surface area contributed by atoms with E-state index < -0.39 is 0 Å². The molecule has 0 radical (unpaired) electrons. The van der Waals surface area contributed by atoms with E-state index in [1.54, 1.807) is 25.4 Å². The van der Waals surface area contributed by atoms with Crippen molar-refractivity contribution in [1.82, 2.24) is 4.98 Å². The summed E-state index contributed by atoms with van der Waals surface area (Å²) in [4.78, 5) is 15.5. The van der Waals surface area contributed by atoms with Gasteiger partial charge in [0.15, 0.2) is 5.78 Å². The molecule has 0 saturated carbocycles. The van der Waals surface area contributed by atoms with Gasteiger partial charge in [0, 0.05) is 6.20 Å². The summed E-state index contributed by atoms with van der Waals surface area (Å²) in [5, 5.41) is 0. The summed E-state index contributed by atoms with van der Waals surface area (Å²) in [5.41, 5.74) is 1.48. The molecule has 0 N–H and O–H groups in total. The lowest BCUT2D eigenvalue weighted by molar-refractivity contribution is 0.101. The van der Waals surface area contributed by atoms with Gasteiger partial charge in [0.2, 0.25) is 5.88 Å². The molecule has 2 aromatic rings. The molecule has 0 spiro atoms. The highest BCUT2D eigenvalue weighted by Gasteiger charge is 2.09. The maximum absolute atomic E-state index is 11.4. The number of hydrogen-bond acceptors (Lipinski definition) is 4. The Labute approximate surface area is 112 Å². The first-order chi connectivity index (χ1) is 9.20. The van der Waals surface area contributed by atoms with E-state index in [-0.39, 0.29) is 5.78 Å². The zero-order valence-corrected chi connectivity index (χ0v) is 10.9. The highest BCUT2D eigenvalue weighted by atomic mass is 16.5. The van der Waals surface area contributed by atoms with Crippen molar-refractivity contribution < 1.29 is 14.3 Å². The summed E-state index contributed by atoms with van der Waals surface area (Å²) < 4.78 is 10.7. The molecule has 0 bridgehead atoms. The second-order valence-corrected chi connectivity index (χ2v) is 4.05. The molecule has 0 aliphatic carbocycles. The molecule has 1 heterocycles. The monoisotopic (exact) mass is 257 g/mol. The smallest absolute Gasteiger partial charge is 0.224 e. The first-order valence-electron chi connectivity index (χ1n) is 5.92. The van der Waals surface area contributed by atoms with E-state index in [9.17, 15) is 4.79 Å². The van der Waals surface area contributed by atoms with Crippen molar-refractivity contribution >= 4 is 5.78 Å². The summed E-state index contributed by atoms with van der Waals surface area (Å²) in [5.74, 6) is 1.11. The predicted molar refractivity (Wildman–Crippen MR) is 71.6 cm³/mol. The molecule has 0 unspecified atom stereocenters. The topological polar surface area (TPSA) is 48.4 Å². The van der Waals surface area contributed by atoms with Crippen LogP contribution in [0.3, 0.4) is 0 Å². The molecule has 0 amide bonds. The first kappa shape index (κ1) is 13.1. The first-order valence-corrected chi connectivity index (χ1v) is 5.92. The van der Waals surface area contributed by atoms with E-state index >= 15 is 0 Å². The molecule has 98 valence electrons. The number of carbonyl (C=O) groups is 1. The third-order valence-corrected chi connectivity index (χ3v) is 2.69. The van der Waals surface area contributed by atoms with Gasteiger partial charge in [0.05, 0.1) is 12.7 Å². The van der Waals surface area contributed by atoms with Crippen molar-refractivity contribution in [2.45, 2.75) is 13.5 Å². The van der Waals surface area contributed by atoms with Gasteiger partial charge in [0.25, 0.3) is 0 Å². The van der Waals surface area contributed by atoms with Gasteiger partial charge in [0.1, 0.15) is 12.4 Å². The summed E-state index contributed by atoms with van der Waals surface area (Å²) in [7, 11) is 1.62. The molecular formula is C15H15NO3. The summed E-state index contributed by atoms with van der Waals surface area (Å²) >= 11 is 0. The van der Waals surface area contributed by atoms with Gasteiger partial charge in [-0.3, -0.25) is 4.79 Å². The Bertz CT molecular complexity index is 564. The zero-order valence-electron chi connectivity index (χ0n) is 10.9. The number of ketones is 1. The summed E-state index contributed by atoms with van der Waals surface area (Å²) in [6.45, 7) is 1.86. The lowest BCUT2D eigenvalue weighted by Gasteiger charge is -2.08. The fourth-order valence-corrected chi connectivity index (χ4v) is 1.65. The van der Waals surface area contributed by atoms with Crippen LogP contribution < -0.4 is 9.47 Å². The Kier molecular flexibility index (Phi) is 4.13. The van der Waals surface area contributed by atoms with Crippen LogP contribution in [0.2, 0.25) is 0 Å². The Balaban J connectivity index is 2.07. The third-order valence-electron chi connectivity index (χ3n) is 2.69. The highest BCUT2D eigenvalue weighted by Crippen LogP contribution is 2.17. The number of Topliss-reactive ketones (excluding diaryl/α,β-unsaturated/α-hetero) is 1. The number of aromatic nitrogens is 1. The third kappa shape index (κ3) is 3.31. The lowest BCUT2D eigenvalue weighted by Crippen LogP contribution is -2.03. The molecule has 0 aliphatic heterocycles. The highest BCUT2D eigenvalue weighted by molar-refractivity contribution is 5.96. The van der Waals surface area contributed by atoms with Crippen LogP contribution in [0.1, 0.15) is 22.8 Å². The van der Waals surface area contributed by atoms with E-state index in [1.165, 1.54) is 6.92 Å². The number of pyridine rings is 1. The quantitative estimate of drug-likeness (QED) is 0.773. The average molecular weight is 257 g/mol. The predicted octanol–water partition coefficient (Wildman–Crippen LogP) is 2.87. The van der Waals surface area contributed by atoms with Crippen molar-refractivity contribution in [2.24, 2.45) is 0 Å². The fraction of sp³-hybridized carbons (Fsp3) is 0.200. The SMILES string of the molecule is COc1ccc(COc2ncccc2C(C)=O)cc1. The number of ether oxygens (including phenoxy) is 2. The van der Waals surface area contributed by atoms with Crippen LogP contribution in [0, 0.1) is 0 Å². The number of nitrogens with zero attached hydrogens (tertiary/aromatic N) is 1. The second kappa shape index (κ2) is 6.00. The summed E-state index contributed by atoms with van der Waals surface area (Å²) in [6, 6.07) is 11.0. The second-order valence-electron chi connectivity index (χ2n) is 4.05. The fourth-order valence-electron chi connectivity index (χ4n) is 1.65. The molecule has 0 aliphatic rings. The van der Waals surface area contributed by atoms with E-state index in [0.717, 1.165) is 11.3 Å². The van der Waals surface area contributed by atoms with E-state index in [2.05, 4.69) is 4.98 Å². The Morgan fingerprint density at radius 3 is 2.58 bits per heavy atom. The normalized spacial score (nSPS) is 10.0. The Hall–Kier alpha value is -2.36.